The van der Waals surface area contributed by atoms with Crippen LogP contribution in [0.3, 0.4) is 0 Å². The summed E-state index contributed by atoms with van der Waals surface area (Å²) in [5.74, 6) is 0.214. The molecule has 1 aliphatic heterocycles. The minimum Gasteiger partial charge on any atom is -0.496 e. The molecule has 31 heavy (non-hydrogen) atoms. The fourth-order valence-corrected chi connectivity index (χ4v) is 3.72. The number of ether oxygens (including phenoxy) is 1. The first-order valence-electron chi connectivity index (χ1n) is 10.4. The van der Waals surface area contributed by atoms with E-state index >= 15 is 0 Å². The molecule has 7 heteroatoms. The number of nitrogens with one attached hydrogen (secondary N) is 2. The molecule has 1 aliphatic rings. The monoisotopic (exact) mass is 423 g/mol. The van der Waals surface area contributed by atoms with Gasteiger partial charge in [0, 0.05) is 12.1 Å². The largest absolute Gasteiger partial charge is 0.496 e. The summed E-state index contributed by atoms with van der Waals surface area (Å²) in [7, 11) is 1.56. The Hall–Kier alpha value is -3.35. The van der Waals surface area contributed by atoms with Crippen LogP contribution in [0.5, 0.6) is 5.75 Å². The number of carbonyl (C=O) groups excluding carboxylic acids is 3. The number of hydrogen-bond donors (Lipinski definition) is 2. The summed E-state index contributed by atoms with van der Waals surface area (Å²) in [5, 5.41) is 5.48. The van der Waals surface area contributed by atoms with E-state index in [0.29, 0.717) is 17.4 Å². The van der Waals surface area contributed by atoms with Crippen LogP contribution >= 0.6 is 0 Å². The molecule has 1 saturated heterocycles. The molecule has 3 rings (SSSR count). The Bertz CT molecular complexity index is 973. The minimum atomic E-state index is -1.15. The Balaban J connectivity index is 1.66. The van der Waals surface area contributed by atoms with E-state index in [1.807, 2.05) is 42.5 Å². The van der Waals surface area contributed by atoms with Gasteiger partial charge in [-0.25, -0.2) is 4.79 Å². The summed E-state index contributed by atoms with van der Waals surface area (Å²) in [6.45, 7) is 5.58. The van der Waals surface area contributed by atoms with Crippen LogP contribution in [0, 0.1) is 0 Å². The first-order valence-corrected chi connectivity index (χ1v) is 10.4. The van der Waals surface area contributed by atoms with Crippen LogP contribution in [0.25, 0.3) is 0 Å². The average molecular weight is 424 g/mol. The highest BCUT2D eigenvalue weighted by atomic mass is 16.5. The Kier molecular flexibility index (Phi) is 6.63. The second-order valence-corrected chi connectivity index (χ2v) is 8.12. The number of benzene rings is 2. The summed E-state index contributed by atoms with van der Waals surface area (Å²) in [4.78, 5) is 38.9. The van der Waals surface area contributed by atoms with Gasteiger partial charge >= 0.3 is 6.03 Å². The number of para-hydroxylation sites is 1. The lowest BCUT2D eigenvalue weighted by Crippen LogP contribution is -2.46. The van der Waals surface area contributed by atoms with Crippen LogP contribution in [0.4, 0.5) is 10.5 Å². The maximum absolute atomic E-state index is 13.0. The predicted molar refractivity (Wildman–Crippen MR) is 119 cm³/mol. The zero-order valence-corrected chi connectivity index (χ0v) is 18.4. The molecule has 0 saturated carbocycles. The van der Waals surface area contributed by atoms with Gasteiger partial charge in [0.1, 0.15) is 17.8 Å². The van der Waals surface area contributed by atoms with Gasteiger partial charge in [-0.15, -0.1) is 0 Å². The second-order valence-electron chi connectivity index (χ2n) is 8.12. The van der Waals surface area contributed by atoms with Crippen molar-refractivity contribution in [1.29, 1.82) is 0 Å². The normalized spacial score (nSPS) is 19.2. The van der Waals surface area contributed by atoms with Crippen molar-refractivity contribution < 1.29 is 19.1 Å². The molecule has 164 valence electrons. The highest BCUT2D eigenvalue weighted by Crippen LogP contribution is 2.27. The fraction of sp³-hybridized carbons (Fsp3) is 0.375. The molecule has 1 heterocycles. The molecule has 2 aromatic carbocycles. The van der Waals surface area contributed by atoms with Gasteiger partial charge in [-0.05, 0) is 48.6 Å². The van der Waals surface area contributed by atoms with Crippen molar-refractivity contribution in [3.63, 3.8) is 0 Å². The average Bonchev–Trinajstić information content (AvgIpc) is 2.96. The molecule has 7 nitrogen and oxygen atoms in total. The summed E-state index contributed by atoms with van der Waals surface area (Å²) in [6.07, 6.45) is 1.29. The third kappa shape index (κ3) is 4.87. The maximum Gasteiger partial charge on any atom is 0.325 e. The first-order chi connectivity index (χ1) is 14.8. The van der Waals surface area contributed by atoms with E-state index in [1.54, 1.807) is 20.1 Å². The highest BCUT2D eigenvalue weighted by molar-refractivity contribution is 6.10. The molecule has 0 radical (unpaired) electrons. The fourth-order valence-electron chi connectivity index (χ4n) is 3.72. The van der Waals surface area contributed by atoms with Crippen molar-refractivity contribution in [2.75, 3.05) is 19.0 Å². The van der Waals surface area contributed by atoms with Gasteiger partial charge in [-0.1, -0.05) is 44.2 Å². The van der Waals surface area contributed by atoms with E-state index in [4.69, 9.17) is 4.74 Å². The van der Waals surface area contributed by atoms with Gasteiger partial charge in [0.25, 0.3) is 5.91 Å². The lowest BCUT2D eigenvalue weighted by molar-refractivity contribution is -0.133. The Morgan fingerprint density at radius 3 is 2.48 bits per heavy atom. The van der Waals surface area contributed by atoms with Gasteiger partial charge < -0.3 is 15.4 Å². The molecular formula is C24H29N3O4. The second kappa shape index (κ2) is 9.20. The molecule has 0 spiro atoms. The number of urea groups is 1. The predicted octanol–water partition coefficient (Wildman–Crippen LogP) is 3.70. The van der Waals surface area contributed by atoms with Crippen LogP contribution in [-0.4, -0.2) is 41.9 Å². The third-order valence-electron chi connectivity index (χ3n) is 5.76. The van der Waals surface area contributed by atoms with Crippen molar-refractivity contribution in [2.45, 2.75) is 45.1 Å². The standard InChI is InChI=1S/C24H29N3O4/c1-5-16(2)17-10-12-19(13-11-17)25-21(28)15-27-22(29)24(3,26-23(27)30)14-18-8-6-7-9-20(18)31-4/h6-13,16H,5,14-15H2,1-4H3,(H,25,28)(H,26,30)/t16-,24+/m1/s1. The Labute approximate surface area is 182 Å². The molecule has 4 amide bonds. The van der Waals surface area contributed by atoms with Crippen molar-refractivity contribution in [2.24, 2.45) is 0 Å². The quantitative estimate of drug-likeness (QED) is 0.634. The van der Waals surface area contributed by atoms with Crippen molar-refractivity contribution >= 4 is 23.5 Å². The number of rotatable bonds is 8. The molecule has 0 bridgehead atoms. The van der Waals surface area contributed by atoms with Gasteiger partial charge in [-0.3, -0.25) is 14.5 Å². The molecule has 2 aromatic rings. The zero-order valence-electron chi connectivity index (χ0n) is 18.4. The van der Waals surface area contributed by atoms with E-state index in [2.05, 4.69) is 24.5 Å². The van der Waals surface area contributed by atoms with Crippen LogP contribution in [-0.2, 0) is 16.0 Å². The van der Waals surface area contributed by atoms with Crippen LogP contribution in [0.1, 0.15) is 44.2 Å². The van der Waals surface area contributed by atoms with Crippen molar-refractivity contribution in [3.05, 3.63) is 59.7 Å². The molecular weight excluding hydrogens is 394 g/mol. The van der Waals surface area contributed by atoms with Gasteiger partial charge in [0.2, 0.25) is 5.91 Å². The Morgan fingerprint density at radius 1 is 1.16 bits per heavy atom. The van der Waals surface area contributed by atoms with Gasteiger partial charge in [0.15, 0.2) is 0 Å². The van der Waals surface area contributed by atoms with Crippen LogP contribution in [0.15, 0.2) is 48.5 Å². The number of methoxy groups -OCH3 is 1. The van der Waals surface area contributed by atoms with E-state index in [-0.39, 0.29) is 13.0 Å². The lowest BCUT2D eigenvalue weighted by atomic mass is 9.92. The molecule has 0 aliphatic carbocycles. The molecule has 2 N–H and O–H groups in total. The number of carbonyl (C=O) groups is 3. The maximum atomic E-state index is 13.0. The molecule has 1 fully saturated rings. The van der Waals surface area contributed by atoms with Crippen LogP contribution in [0.2, 0.25) is 0 Å². The minimum absolute atomic E-state index is 0.261. The highest BCUT2D eigenvalue weighted by Gasteiger charge is 2.48. The van der Waals surface area contributed by atoms with E-state index in [9.17, 15) is 14.4 Å². The van der Waals surface area contributed by atoms with Crippen molar-refractivity contribution in [1.82, 2.24) is 10.2 Å². The Morgan fingerprint density at radius 2 is 1.84 bits per heavy atom. The summed E-state index contributed by atoms with van der Waals surface area (Å²) in [5.41, 5.74) is 1.47. The summed E-state index contributed by atoms with van der Waals surface area (Å²) >= 11 is 0. The van der Waals surface area contributed by atoms with Crippen LogP contribution < -0.4 is 15.4 Å². The molecule has 0 unspecified atom stereocenters. The van der Waals surface area contributed by atoms with E-state index in [1.165, 1.54) is 5.56 Å². The topological polar surface area (TPSA) is 87.7 Å². The zero-order chi connectivity index (χ0) is 22.6. The van der Waals surface area contributed by atoms with Gasteiger partial charge in [0.05, 0.1) is 7.11 Å². The van der Waals surface area contributed by atoms with Gasteiger partial charge in [-0.2, -0.15) is 0 Å². The number of hydrogen-bond acceptors (Lipinski definition) is 4. The third-order valence-corrected chi connectivity index (χ3v) is 5.76. The number of nitrogens with zero attached hydrogens (tertiary/aromatic N) is 1. The molecule has 0 aromatic heterocycles. The van der Waals surface area contributed by atoms with E-state index in [0.717, 1.165) is 16.9 Å². The summed E-state index contributed by atoms with van der Waals surface area (Å²) < 4.78 is 5.35. The van der Waals surface area contributed by atoms with Crippen molar-refractivity contribution in [3.8, 4) is 5.75 Å². The first kappa shape index (κ1) is 22.3. The number of amides is 4. The smallest absolute Gasteiger partial charge is 0.325 e. The molecule has 2 atom stereocenters. The number of anilines is 1. The SMILES string of the molecule is CC[C@@H](C)c1ccc(NC(=O)CN2C(=O)N[C@@](C)(Cc3ccccc3OC)C2=O)cc1. The summed E-state index contributed by atoms with van der Waals surface area (Å²) in [6, 6.07) is 14.4. The van der Waals surface area contributed by atoms with E-state index < -0.39 is 23.4 Å². The number of imide groups is 1. The lowest BCUT2D eigenvalue weighted by Gasteiger charge is -2.22.